The van der Waals surface area contributed by atoms with Crippen molar-refractivity contribution in [1.29, 1.82) is 0 Å². The van der Waals surface area contributed by atoms with Crippen LogP contribution in [0.15, 0.2) is 0 Å². The molecule has 9 heteroatoms. The lowest BCUT2D eigenvalue weighted by Gasteiger charge is -2.43. The Bertz CT molecular complexity index is 412. The third-order valence-electron chi connectivity index (χ3n) is 2.82. The lowest BCUT2D eigenvalue weighted by Crippen LogP contribution is -2.65. The van der Waals surface area contributed by atoms with Crippen LogP contribution in [0.4, 0.5) is 0 Å². The van der Waals surface area contributed by atoms with Crippen molar-refractivity contribution in [3.05, 3.63) is 0 Å². The SMILES string of the molecule is CC(=O)N[C@H]1[C@H](OC(C)=O)[C@@H](OC(C)=O)[C@@H](CO)O[C@H]1O. The van der Waals surface area contributed by atoms with Gasteiger partial charge in [0, 0.05) is 20.8 Å². The van der Waals surface area contributed by atoms with Gasteiger partial charge >= 0.3 is 11.9 Å². The highest BCUT2D eigenvalue weighted by Gasteiger charge is 2.49. The van der Waals surface area contributed by atoms with Crippen LogP contribution in [0.3, 0.4) is 0 Å². The van der Waals surface area contributed by atoms with Crippen molar-refractivity contribution >= 4 is 17.8 Å². The van der Waals surface area contributed by atoms with Crippen molar-refractivity contribution in [3.8, 4) is 0 Å². The number of hydrogen-bond acceptors (Lipinski definition) is 8. The number of ether oxygens (including phenoxy) is 3. The number of rotatable bonds is 4. The van der Waals surface area contributed by atoms with E-state index < -0.39 is 55.1 Å². The Kier molecular flexibility index (Phi) is 6.06. The van der Waals surface area contributed by atoms with Crippen molar-refractivity contribution in [2.75, 3.05) is 6.61 Å². The molecule has 1 heterocycles. The van der Waals surface area contributed by atoms with Gasteiger partial charge in [0.15, 0.2) is 18.5 Å². The molecule has 0 saturated carbocycles. The Labute approximate surface area is 121 Å². The van der Waals surface area contributed by atoms with Gasteiger partial charge in [0.1, 0.15) is 12.1 Å². The highest BCUT2D eigenvalue weighted by molar-refractivity contribution is 5.73. The quantitative estimate of drug-likeness (QED) is 0.511. The fourth-order valence-electron chi connectivity index (χ4n) is 2.12. The van der Waals surface area contributed by atoms with Gasteiger partial charge in [-0.1, -0.05) is 0 Å². The number of carbonyl (C=O) groups excluding carboxylic acids is 3. The van der Waals surface area contributed by atoms with Gasteiger partial charge in [0.05, 0.1) is 6.61 Å². The third-order valence-corrected chi connectivity index (χ3v) is 2.82. The number of aliphatic hydroxyl groups excluding tert-OH is 2. The number of carbonyl (C=O) groups is 3. The van der Waals surface area contributed by atoms with E-state index in [1.54, 1.807) is 0 Å². The fraction of sp³-hybridized carbons (Fsp3) is 0.750. The van der Waals surface area contributed by atoms with Crippen LogP contribution in [0.5, 0.6) is 0 Å². The summed E-state index contributed by atoms with van der Waals surface area (Å²) in [5, 5.41) is 21.5. The lowest BCUT2D eigenvalue weighted by atomic mass is 9.96. The summed E-state index contributed by atoms with van der Waals surface area (Å²) >= 11 is 0. The van der Waals surface area contributed by atoms with E-state index in [4.69, 9.17) is 14.2 Å². The maximum atomic E-state index is 11.2. The number of aliphatic hydroxyl groups is 2. The average molecular weight is 305 g/mol. The molecule has 0 aromatic rings. The maximum Gasteiger partial charge on any atom is 0.303 e. The highest BCUT2D eigenvalue weighted by atomic mass is 16.7. The molecule has 1 aliphatic heterocycles. The van der Waals surface area contributed by atoms with E-state index in [0.717, 1.165) is 13.8 Å². The zero-order valence-electron chi connectivity index (χ0n) is 11.9. The third kappa shape index (κ3) is 4.66. The van der Waals surface area contributed by atoms with Crippen LogP contribution in [0, 0.1) is 0 Å². The van der Waals surface area contributed by atoms with E-state index in [2.05, 4.69) is 5.32 Å². The predicted molar refractivity (Wildman–Crippen MR) is 66.7 cm³/mol. The van der Waals surface area contributed by atoms with Crippen molar-refractivity contribution in [3.63, 3.8) is 0 Å². The first kappa shape index (κ1) is 17.3. The fourth-order valence-corrected chi connectivity index (χ4v) is 2.12. The van der Waals surface area contributed by atoms with Crippen LogP contribution < -0.4 is 5.32 Å². The predicted octanol–water partition coefficient (Wildman–Crippen LogP) is -1.94. The van der Waals surface area contributed by atoms with Crippen molar-refractivity contribution < 1.29 is 38.8 Å². The van der Waals surface area contributed by atoms with Crippen LogP contribution in [-0.2, 0) is 28.6 Å². The Hall–Kier alpha value is -1.71. The van der Waals surface area contributed by atoms with E-state index in [-0.39, 0.29) is 0 Å². The van der Waals surface area contributed by atoms with Gasteiger partial charge in [0.25, 0.3) is 0 Å². The van der Waals surface area contributed by atoms with E-state index >= 15 is 0 Å². The van der Waals surface area contributed by atoms with Gasteiger partial charge < -0.3 is 29.7 Å². The molecule has 21 heavy (non-hydrogen) atoms. The normalized spacial score (nSPS) is 32.1. The monoisotopic (exact) mass is 305 g/mol. The molecule has 1 aliphatic rings. The summed E-state index contributed by atoms with van der Waals surface area (Å²) in [4.78, 5) is 33.6. The molecular weight excluding hydrogens is 286 g/mol. The van der Waals surface area contributed by atoms with Crippen LogP contribution in [0.1, 0.15) is 20.8 Å². The molecule has 0 aliphatic carbocycles. The van der Waals surface area contributed by atoms with Crippen LogP contribution in [0.25, 0.3) is 0 Å². The van der Waals surface area contributed by atoms with Crippen molar-refractivity contribution in [1.82, 2.24) is 5.32 Å². The molecular formula is C12H19NO8. The topological polar surface area (TPSA) is 131 Å². The van der Waals surface area contributed by atoms with Crippen molar-refractivity contribution in [2.45, 2.75) is 51.4 Å². The molecule has 1 fully saturated rings. The first-order chi connectivity index (χ1) is 9.76. The minimum Gasteiger partial charge on any atom is -0.456 e. The molecule has 0 unspecified atom stereocenters. The molecule has 1 saturated heterocycles. The number of hydrogen-bond donors (Lipinski definition) is 3. The average Bonchev–Trinajstić information content (AvgIpc) is 2.35. The summed E-state index contributed by atoms with van der Waals surface area (Å²) < 4.78 is 15.1. The summed E-state index contributed by atoms with van der Waals surface area (Å²) in [6.45, 7) is 2.90. The van der Waals surface area contributed by atoms with Crippen LogP contribution >= 0.6 is 0 Å². The van der Waals surface area contributed by atoms with Crippen LogP contribution in [0.2, 0.25) is 0 Å². The van der Waals surface area contributed by atoms with Crippen molar-refractivity contribution in [2.24, 2.45) is 0 Å². The largest absolute Gasteiger partial charge is 0.456 e. The number of esters is 2. The van der Waals surface area contributed by atoms with Gasteiger partial charge in [0.2, 0.25) is 5.91 Å². The standard InChI is InChI=1S/C12H19NO8/c1-5(15)13-9-11(20-7(3)17)10(19-6(2)16)8(4-14)21-12(9)18/h8-12,14,18H,4H2,1-3H3,(H,13,15)/t8-,9+,10+,11+,12-/m1/s1. The molecule has 0 aromatic heterocycles. The summed E-state index contributed by atoms with van der Waals surface area (Å²) in [6, 6.07) is -1.13. The second-order valence-electron chi connectivity index (χ2n) is 4.62. The minimum atomic E-state index is -1.53. The van der Waals surface area contributed by atoms with E-state index in [0.29, 0.717) is 0 Å². The molecule has 0 spiro atoms. The molecule has 1 amide bonds. The molecule has 120 valence electrons. The molecule has 0 radical (unpaired) electrons. The van der Waals surface area contributed by atoms with E-state index in [1.165, 1.54) is 6.92 Å². The molecule has 0 aromatic carbocycles. The number of amides is 1. The van der Waals surface area contributed by atoms with E-state index in [9.17, 15) is 24.6 Å². The lowest BCUT2D eigenvalue weighted by molar-refractivity contribution is -0.263. The molecule has 3 N–H and O–H groups in total. The van der Waals surface area contributed by atoms with Crippen LogP contribution in [-0.4, -0.2) is 65.3 Å². The van der Waals surface area contributed by atoms with Gasteiger partial charge in [-0.05, 0) is 0 Å². The smallest absolute Gasteiger partial charge is 0.303 e. The Balaban J connectivity index is 3.08. The molecule has 0 bridgehead atoms. The first-order valence-electron chi connectivity index (χ1n) is 6.32. The van der Waals surface area contributed by atoms with E-state index in [1.807, 2.05) is 0 Å². The van der Waals surface area contributed by atoms with Gasteiger partial charge in [-0.15, -0.1) is 0 Å². The summed E-state index contributed by atoms with van der Waals surface area (Å²) in [5.41, 5.74) is 0. The zero-order chi connectivity index (χ0) is 16.2. The maximum absolute atomic E-state index is 11.2. The highest BCUT2D eigenvalue weighted by Crippen LogP contribution is 2.25. The minimum absolute atomic E-state index is 0.496. The Morgan fingerprint density at radius 3 is 2.05 bits per heavy atom. The van der Waals surface area contributed by atoms with Gasteiger partial charge in [-0.3, -0.25) is 14.4 Å². The van der Waals surface area contributed by atoms with Gasteiger partial charge in [-0.25, -0.2) is 0 Å². The summed E-state index contributed by atoms with van der Waals surface area (Å²) in [5.74, 6) is -1.88. The zero-order valence-corrected chi connectivity index (χ0v) is 11.9. The Morgan fingerprint density at radius 1 is 1.10 bits per heavy atom. The molecule has 5 atom stereocenters. The Morgan fingerprint density at radius 2 is 1.62 bits per heavy atom. The summed E-state index contributed by atoms with van der Waals surface area (Å²) in [6.07, 6.45) is -4.95. The van der Waals surface area contributed by atoms with Gasteiger partial charge in [-0.2, -0.15) is 0 Å². The second-order valence-corrected chi connectivity index (χ2v) is 4.62. The molecule has 1 rings (SSSR count). The summed E-state index contributed by atoms with van der Waals surface area (Å²) in [7, 11) is 0. The first-order valence-corrected chi connectivity index (χ1v) is 6.32. The second kappa shape index (κ2) is 7.34. The molecule has 9 nitrogen and oxygen atoms in total. The number of nitrogens with one attached hydrogen (secondary N) is 1.